The highest BCUT2D eigenvalue weighted by Gasteiger charge is 2.24. The summed E-state index contributed by atoms with van der Waals surface area (Å²) in [6, 6.07) is 14.1. The monoisotopic (exact) mass is 291 g/mol. The second-order valence-corrected chi connectivity index (χ2v) is 5.42. The van der Waals surface area contributed by atoms with Gasteiger partial charge in [-0.15, -0.1) is 0 Å². The van der Waals surface area contributed by atoms with E-state index in [-0.39, 0.29) is 0 Å². The van der Waals surface area contributed by atoms with Crippen molar-refractivity contribution in [3.63, 3.8) is 0 Å². The van der Waals surface area contributed by atoms with Gasteiger partial charge in [-0.25, -0.2) is 0 Å². The van der Waals surface area contributed by atoms with E-state index in [9.17, 15) is 5.11 Å². The van der Waals surface area contributed by atoms with Gasteiger partial charge in [-0.3, -0.25) is 4.98 Å². The third kappa shape index (κ3) is 3.80. The van der Waals surface area contributed by atoms with Crippen LogP contribution in [-0.2, 0) is 6.42 Å². The number of nitrogens with zero attached hydrogens (tertiary/aromatic N) is 1. The van der Waals surface area contributed by atoms with Crippen molar-refractivity contribution in [2.75, 3.05) is 0 Å². The van der Waals surface area contributed by atoms with Gasteiger partial charge in [0.1, 0.15) is 0 Å². The van der Waals surface area contributed by atoms with Crippen molar-refractivity contribution in [3.8, 4) is 11.1 Å². The Morgan fingerprint density at radius 3 is 2.41 bits per heavy atom. The molecule has 0 radical (unpaired) electrons. The summed E-state index contributed by atoms with van der Waals surface area (Å²) < 4.78 is 0. The van der Waals surface area contributed by atoms with Crippen molar-refractivity contribution in [3.05, 3.63) is 91.3 Å². The number of benzene rings is 1. The predicted octanol–water partition coefficient (Wildman–Crippen LogP) is 4.34. The Morgan fingerprint density at radius 1 is 1.14 bits per heavy atom. The maximum atomic E-state index is 10.6. The van der Waals surface area contributed by atoms with Crippen molar-refractivity contribution in [1.29, 1.82) is 0 Å². The molecule has 0 bridgehead atoms. The number of hydrogen-bond donors (Lipinski definition) is 1. The van der Waals surface area contributed by atoms with Crippen LogP contribution < -0.4 is 0 Å². The fourth-order valence-electron chi connectivity index (χ4n) is 2.38. The number of aromatic nitrogens is 1. The second-order valence-electron chi connectivity index (χ2n) is 5.42. The van der Waals surface area contributed by atoms with E-state index in [1.54, 1.807) is 25.2 Å². The average Bonchev–Trinajstić information content (AvgIpc) is 2.53. The molecule has 0 aliphatic carbocycles. The molecule has 1 aromatic carbocycles. The lowest BCUT2D eigenvalue weighted by molar-refractivity contribution is 0.102. The van der Waals surface area contributed by atoms with Crippen LogP contribution in [0.1, 0.15) is 12.6 Å². The Morgan fingerprint density at radius 2 is 1.86 bits per heavy atom. The first-order valence-corrected chi connectivity index (χ1v) is 7.25. The van der Waals surface area contributed by atoms with E-state index < -0.39 is 5.60 Å². The van der Waals surface area contributed by atoms with E-state index in [1.807, 2.05) is 36.5 Å². The molecular formula is C20H21NO. The zero-order chi connectivity index (χ0) is 16.0. The molecule has 1 heterocycles. The fourth-order valence-corrected chi connectivity index (χ4v) is 2.38. The first-order chi connectivity index (χ1) is 10.6. The summed E-state index contributed by atoms with van der Waals surface area (Å²) in [5.41, 5.74) is 2.75. The maximum Gasteiger partial charge on any atom is 0.0923 e. The lowest BCUT2D eigenvalue weighted by Crippen LogP contribution is -2.29. The van der Waals surface area contributed by atoms with E-state index in [0.717, 1.165) is 22.4 Å². The van der Waals surface area contributed by atoms with E-state index in [1.165, 1.54) is 0 Å². The second kappa shape index (κ2) is 7.01. The van der Waals surface area contributed by atoms with Gasteiger partial charge in [0.05, 0.1) is 5.60 Å². The Balaban J connectivity index is 2.19. The highest BCUT2D eigenvalue weighted by Crippen LogP contribution is 2.24. The first kappa shape index (κ1) is 15.9. The first-order valence-electron chi connectivity index (χ1n) is 7.25. The Hall–Kier alpha value is -2.45. The molecule has 0 amide bonds. The summed E-state index contributed by atoms with van der Waals surface area (Å²) in [6.07, 6.45) is 7.34. The van der Waals surface area contributed by atoms with Crippen LogP contribution >= 0.6 is 0 Å². The minimum absolute atomic E-state index is 0.424. The molecule has 2 rings (SSSR count). The predicted molar refractivity (Wildman–Crippen MR) is 92.5 cm³/mol. The number of rotatable bonds is 6. The van der Waals surface area contributed by atoms with Gasteiger partial charge in [-0.05, 0) is 24.1 Å². The molecule has 0 saturated carbocycles. The largest absolute Gasteiger partial charge is 0.385 e. The Kier molecular flexibility index (Phi) is 5.08. The lowest BCUT2D eigenvalue weighted by Gasteiger charge is -2.24. The maximum absolute atomic E-state index is 10.6. The third-order valence-electron chi connectivity index (χ3n) is 3.60. The van der Waals surface area contributed by atoms with E-state index >= 15 is 0 Å². The lowest BCUT2D eigenvalue weighted by atomic mass is 9.90. The number of hydrogen-bond acceptors (Lipinski definition) is 2. The summed E-state index contributed by atoms with van der Waals surface area (Å²) >= 11 is 0. The van der Waals surface area contributed by atoms with E-state index in [4.69, 9.17) is 0 Å². The summed E-state index contributed by atoms with van der Waals surface area (Å²) in [5, 5.41) is 10.6. The molecule has 2 nitrogen and oxygen atoms in total. The molecular weight excluding hydrogens is 270 g/mol. The zero-order valence-electron chi connectivity index (χ0n) is 12.9. The summed E-state index contributed by atoms with van der Waals surface area (Å²) in [5.74, 6) is 0. The molecule has 1 atom stereocenters. The molecule has 0 aliphatic heterocycles. The van der Waals surface area contributed by atoms with Crippen LogP contribution in [-0.4, -0.2) is 15.7 Å². The van der Waals surface area contributed by atoms with E-state index in [2.05, 4.69) is 30.3 Å². The zero-order valence-corrected chi connectivity index (χ0v) is 12.9. The van der Waals surface area contributed by atoms with Gasteiger partial charge < -0.3 is 5.11 Å². The molecule has 1 unspecified atom stereocenters. The average molecular weight is 291 g/mol. The minimum Gasteiger partial charge on any atom is -0.385 e. The van der Waals surface area contributed by atoms with Crippen LogP contribution in [0.15, 0.2) is 85.6 Å². The molecule has 1 aromatic heterocycles. The van der Waals surface area contributed by atoms with Gasteiger partial charge in [-0.1, -0.05) is 67.8 Å². The molecule has 1 N–H and O–H groups in total. The summed E-state index contributed by atoms with van der Waals surface area (Å²) in [4.78, 5) is 4.47. The van der Waals surface area contributed by atoms with Gasteiger partial charge in [0, 0.05) is 23.9 Å². The molecule has 22 heavy (non-hydrogen) atoms. The smallest absolute Gasteiger partial charge is 0.0923 e. The third-order valence-corrected chi connectivity index (χ3v) is 3.60. The quantitative estimate of drug-likeness (QED) is 0.803. The molecule has 0 spiro atoms. The van der Waals surface area contributed by atoms with Crippen LogP contribution in [0.25, 0.3) is 11.1 Å². The van der Waals surface area contributed by atoms with E-state index in [0.29, 0.717) is 6.42 Å². The van der Waals surface area contributed by atoms with Gasteiger partial charge in [-0.2, -0.15) is 0 Å². The highest BCUT2D eigenvalue weighted by atomic mass is 16.3. The van der Waals surface area contributed by atoms with Crippen molar-refractivity contribution in [2.24, 2.45) is 0 Å². The number of allylic oxidation sites excluding steroid dienone is 2. The topological polar surface area (TPSA) is 33.1 Å². The van der Waals surface area contributed by atoms with Gasteiger partial charge in [0.25, 0.3) is 0 Å². The van der Waals surface area contributed by atoms with Crippen LogP contribution in [0.2, 0.25) is 0 Å². The molecule has 0 saturated heterocycles. The van der Waals surface area contributed by atoms with Crippen LogP contribution in [0.3, 0.4) is 0 Å². The highest BCUT2D eigenvalue weighted by molar-refractivity contribution is 5.62. The van der Waals surface area contributed by atoms with Crippen LogP contribution in [0.5, 0.6) is 0 Å². The van der Waals surface area contributed by atoms with Crippen molar-refractivity contribution in [1.82, 2.24) is 4.98 Å². The normalized spacial score (nSPS) is 14.2. The minimum atomic E-state index is -1.02. The molecule has 2 aromatic rings. The number of pyridine rings is 1. The SMILES string of the molecule is C=C/C=C(\C=C)C(C)(O)Cc1ccc(-c2ccccc2)cn1. The van der Waals surface area contributed by atoms with Crippen molar-refractivity contribution in [2.45, 2.75) is 18.9 Å². The van der Waals surface area contributed by atoms with Gasteiger partial charge in [0.2, 0.25) is 0 Å². The fraction of sp³-hybridized carbons (Fsp3) is 0.150. The Bertz CT molecular complexity index is 667. The summed E-state index contributed by atoms with van der Waals surface area (Å²) in [7, 11) is 0. The van der Waals surface area contributed by atoms with Gasteiger partial charge >= 0.3 is 0 Å². The van der Waals surface area contributed by atoms with Crippen molar-refractivity contribution < 1.29 is 5.11 Å². The summed E-state index contributed by atoms with van der Waals surface area (Å²) in [6.45, 7) is 9.17. The van der Waals surface area contributed by atoms with Crippen LogP contribution in [0.4, 0.5) is 0 Å². The molecule has 0 aliphatic rings. The van der Waals surface area contributed by atoms with Crippen molar-refractivity contribution >= 4 is 0 Å². The van der Waals surface area contributed by atoms with Gasteiger partial charge in [0.15, 0.2) is 0 Å². The van der Waals surface area contributed by atoms with Crippen LogP contribution in [0, 0.1) is 0 Å². The molecule has 0 fully saturated rings. The number of aliphatic hydroxyl groups is 1. The molecule has 2 heteroatoms. The molecule has 112 valence electrons. The standard InChI is InChI=1S/C20H21NO/c1-4-9-18(5-2)20(3,22)14-19-13-12-17(15-21-19)16-10-7-6-8-11-16/h4-13,15,22H,1-2,14H2,3H3/b18-9+. The Labute approximate surface area is 132 Å².